The number of piperidine rings is 1. The van der Waals surface area contributed by atoms with Gasteiger partial charge in [-0.3, -0.25) is 4.98 Å². The van der Waals surface area contributed by atoms with Crippen molar-refractivity contribution in [3.63, 3.8) is 0 Å². The summed E-state index contributed by atoms with van der Waals surface area (Å²) in [6.45, 7) is 0.931. The fraction of sp³-hybridized carbons (Fsp3) is 0.261. The molecule has 35 heavy (non-hydrogen) atoms. The van der Waals surface area contributed by atoms with Gasteiger partial charge in [0.05, 0.1) is 0 Å². The molecule has 1 aromatic carbocycles. The summed E-state index contributed by atoms with van der Waals surface area (Å²) < 4.78 is 56.6. The first kappa shape index (κ1) is 23.4. The average molecular weight is 496 g/mol. The van der Waals surface area contributed by atoms with Gasteiger partial charge < -0.3 is 5.32 Å². The number of pyridine rings is 1. The topological polar surface area (TPSA) is 92.5 Å². The van der Waals surface area contributed by atoms with E-state index in [0.717, 1.165) is 46.4 Å². The van der Waals surface area contributed by atoms with Gasteiger partial charge in [-0.2, -0.15) is 13.9 Å². The highest BCUT2D eigenvalue weighted by Crippen LogP contribution is 2.32. The van der Waals surface area contributed by atoms with Gasteiger partial charge in [-0.05, 0) is 48.1 Å². The van der Waals surface area contributed by atoms with E-state index in [4.69, 9.17) is 4.98 Å². The van der Waals surface area contributed by atoms with E-state index in [1.807, 2.05) is 26.0 Å². The van der Waals surface area contributed by atoms with Gasteiger partial charge in [0.1, 0.15) is 30.2 Å². The fourth-order valence-electron chi connectivity index (χ4n) is 4.33. The first-order valence-electron chi connectivity index (χ1n) is 11.3. The van der Waals surface area contributed by atoms with Crippen molar-refractivity contribution >= 4 is 34.8 Å². The molecule has 180 valence electrons. The normalized spacial score (nSPS) is 15.5. The molecule has 1 saturated heterocycles. The molecule has 0 radical (unpaired) electrons. The zero-order valence-electron chi connectivity index (χ0n) is 19.0. The number of benzene rings is 1. The molecule has 0 spiro atoms. The van der Waals surface area contributed by atoms with Crippen LogP contribution in [0.3, 0.4) is 0 Å². The Balaban J connectivity index is 1.37. The Morgan fingerprint density at radius 1 is 1.11 bits per heavy atom. The van der Waals surface area contributed by atoms with Gasteiger partial charge in [0.25, 0.3) is 0 Å². The van der Waals surface area contributed by atoms with E-state index in [1.54, 1.807) is 23.1 Å². The molecule has 0 unspecified atom stereocenters. The van der Waals surface area contributed by atoms with Crippen LogP contribution < -0.4 is 10.8 Å². The Labute approximate surface area is 202 Å². The Bertz CT molecular complexity index is 1470. The highest BCUT2D eigenvalue weighted by Gasteiger charge is 2.33. The van der Waals surface area contributed by atoms with Crippen molar-refractivity contribution in [1.82, 2.24) is 23.9 Å². The van der Waals surface area contributed by atoms with Crippen LogP contribution in [0.4, 0.5) is 14.6 Å². The number of fused-ring (bicyclic) bond motifs is 1. The maximum absolute atomic E-state index is 14.2. The molecule has 1 aliphatic rings. The van der Waals surface area contributed by atoms with Crippen molar-refractivity contribution in [3.05, 3.63) is 77.9 Å². The summed E-state index contributed by atoms with van der Waals surface area (Å²) in [4.78, 5) is 8.32. The lowest BCUT2D eigenvalue weighted by Crippen LogP contribution is -2.38. The number of halogens is 2. The zero-order valence-corrected chi connectivity index (χ0v) is 19.8. The molecule has 0 amide bonds. The number of hydrogen-bond donors (Lipinski definition) is 1. The molecule has 8 nitrogen and oxygen atoms in total. The molecule has 0 saturated carbocycles. The van der Waals surface area contributed by atoms with Crippen LogP contribution in [0.2, 0.25) is 0 Å². The van der Waals surface area contributed by atoms with Crippen LogP contribution in [0, 0.1) is 11.6 Å². The predicted octanol–water partition coefficient (Wildman–Crippen LogP) is 1.84. The van der Waals surface area contributed by atoms with Crippen molar-refractivity contribution < 1.29 is 17.2 Å². The number of nitrogens with zero attached hydrogens (tertiary/aromatic N) is 5. The number of hydrogen-bond acceptors (Lipinski definition) is 6. The largest absolute Gasteiger partial charge is 0.366 e. The van der Waals surface area contributed by atoms with Gasteiger partial charge >= 0.3 is 0 Å². The Kier molecular flexibility index (Phi) is 6.24. The molecule has 4 heterocycles. The third-order valence-electron chi connectivity index (χ3n) is 6.25. The van der Waals surface area contributed by atoms with Gasteiger partial charge in [-0.1, -0.05) is 6.07 Å². The summed E-state index contributed by atoms with van der Waals surface area (Å²) in [5.41, 5.74) is 3.51. The summed E-state index contributed by atoms with van der Waals surface area (Å²) in [6, 6.07) is 8.26. The molecular formula is C23H23BF2N6O2S. The van der Waals surface area contributed by atoms with Crippen LogP contribution in [0.25, 0.3) is 5.65 Å². The monoisotopic (exact) mass is 496 g/mol. The van der Waals surface area contributed by atoms with E-state index in [9.17, 15) is 17.2 Å². The van der Waals surface area contributed by atoms with Gasteiger partial charge in [-0.25, -0.2) is 22.2 Å². The number of aromatic nitrogens is 4. The molecule has 5 rings (SSSR count). The van der Waals surface area contributed by atoms with E-state index < -0.39 is 26.6 Å². The van der Waals surface area contributed by atoms with Crippen LogP contribution in [0.1, 0.15) is 30.0 Å². The minimum absolute atomic E-state index is 0.0112. The average Bonchev–Trinajstić information content (AvgIpc) is 3.25. The first-order valence-corrected chi connectivity index (χ1v) is 12.7. The third kappa shape index (κ3) is 4.63. The van der Waals surface area contributed by atoms with Crippen molar-refractivity contribution in [2.75, 3.05) is 18.4 Å². The standard InChI is InChI=1S/C23H23BF2N6O2S/c24-18-14-29-32-22(28-13-15-2-1-7-27-12-15)11-20(30-23(18)32)16-5-8-31(9-6-16)35(33,34)21-10-17(25)3-4-19(21)26/h1-4,7,10-12,14,16,28H,5-6,8-9,13,24H2. The van der Waals surface area contributed by atoms with Gasteiger partial charge in [-0.15, -0.1) is 0 Å². The molecule has 1 aliphatic heterocycles. The summed E-state index contributed by atoms with van der Waals surface area (Å²) in [6.07, 6.45) is 6.28. The molecular weight excluding hydrogens is 473 g/mol. The first-order chi connectivity index (χ1) is 16.8. The second-order valence-corrected chi connectivity index (χ2v) is 10.5. The minimum atomic E-state index is -4.14. The lowest BCUT2D eigenvalue weighted by molar-refractivity contribution is 0.315. The quantitative estimate of drug-likeness (QED) is 0.410. The second-order valence-electron chi connectivity index (χ2n) is 8.60. The van der Waals surface area contributed by atoms with E-state index in [2.05, 4.69) is 15.4 Å². The maximum Gasteiger partial charge on any atom is 0.246 e. The SMILES string of the molecule is Bc1cnn2c(NCc3cccnc3)cc(C3CCN(S(=O)(=O)c4cc(F)ccc4F)CC3)nc12. The Hall–Kier alpha value is -3.38. The molecule has 4 aromatic rings. The van der Waals surface area contributed by atoms with Crippen molar-refractivity contribution in [2.45, 2.75) is 30.2 Å². The second kappa shape index (κ2) is 9.35. The lowest BCUT2D eigenvalue weighted by Gasteiger charge is -2.31. The maximum atomic E-state index is 14.2. The molecule has 0 atom stereocenters. The summed E-state index contributed by atoms with van der Waals surface area (Å²) in [5.74, 6) is -0.961. The van der Waals surface area contributed by atoms with E-state index >= 15 is 0 Å². The van der Waals surface area contributed by atoms with Gasteiger partial charge in [0.2, 0.25) is 10.0 Å². The fourth-order valence-corrected chi connectivity index (χ4v) is 5.87. The zero-order chi connectivity index (χ0) is 24.6. The summed E-state index contributed by atoms with van der Waals surface area (Å²) in [5, 5.41) is 7.83. The van der Waals surface area contributed by atoms with E-state index in [1.165, 1.54) is 4.31 Å². The Morgan fingerprint density at radius 2 is 1.91 bits per heavy atom. The van der Waals surface area contributed by atoms with E-state index in [-0.39, 0.29) is 19.0 Å². The minimum Gasteiger partial charge on any atom is -0.366 e. The molecule has 3 aromatic heterocycles. The Morgan fingerprint density at radius 3 is 2.66 bits per heavy atom. The highest BCUT2D eigenvalue weighted by molar-refractivity contribution is 7.89. The smallest absolute Gasteiger partial charge is 0.246 e. The van der Waals surface area contributed by atoms with Gasteiger partial charge in [0, 0.05) is 55.9 Å². The molecule has 0 bridgehead atoms. The van der Waals surface area contributed by atoms with Crippen molar-refractivity contribution in [1.29, 1.82) is 0 Å². The number of nitrogens with one attached hydrogen (secondary N) is 1. The van der Waals surface area contributed by atoms with Crippen LogP contribution in [0.5, 0.6) is 0 Å². The summed E-state index contributed by atoms with van der Waals surface area (Å²) in [7, 11) is -2.20. The molecule has 0 aliphatic carbocycles. The molecule has 12 heteroatoms. The van der Waals surface area contributed by atoms with Crippen LogP contribution in [-0.2, 0) is 16.6 Å². The van der Waals surface area contributed by atoms with Crippen LogP contribution >= 0.6 is 0 Å². The van der Waals surface area contributed by atoms with Crippen LogP contribution in [-0.4, -0.2) is 53.2 Å². The predicted molar refractivity (Wildman–Crippen MR) is 130 cm³/mol. The van der Waals surface area contributed by atoms with Gasteiger partial charge in [0.15, 0.2) is 5.65 Å². The van der Waals surface area contributed by atoms with Crippen molar-refractivity contribution in [3.8, 4) is 0 Å². The summed E-state index contributed by atoms with van der Waals surface area (Å²) >= 11 is 0. The number of rotatable bonds is 6. The molecule has 1 N–H and O–H groups in total. The van der Waals surface area contributed by atoms with Crippen molar-refractivity contribution in [2.24, 2.45) is 0 Å². The van der Waals surface area contributed by atoms with Crippen LogP contribution in [0.15, 0.2) is 59.9 Å². The van der Waals surface area contributed by atoms with E-state index in [0.29, 0.717) is 19.4 Å². The highest BCUT2D eigenvalue weighted by atomic mass is 32.2. The third-order valence-corrected chi connectivity index (χ3v) is 8.16. The number of anilines is 1. The number of sulfonamides is 1. The molecule has 1 fully saturated rings. The lowest BCUT2D eigenvalue weighted by atomic mass is 9.94.